The molecule has 0 bridgehead atoms. The van der Waals surface area contributed by atoms with E-state index in [-0.39, 0.29) is 5.69 Å². The normalized spacial score (nSPS) is 13.1. The number of aromatic nitrogens is 4. The maximum atomic E-state index is 12.9. The summed E-state index contributed by atoms with van der Waals surface area (Å²) in [6.45, 7) is 0. The Bertz CT molecular complexity index is 667. The van der Waals surface area contributed by atoms with Gasteiger partial charge in [0.1, 0.15) is 0 Å². The van der Waals surface area contributed by atoms with Gasteiger partial charge in [0.15, 0.2) is 9.53 Å². The van der Waals surface area contributed by atoms with Gasteiger partial charge in [-0.05, 0) is 18.4 Å². The summed E-state index contributed by atoms with van der Waals surface area (Å²) in [6, 6.07) is -1.49. The number of aryl methyl sites for hydroxylation is 2. The molecule has 0 N–H and O–H groups in total. The van der Waals surface area contributed by atoms with E-state index in [2.05, 4.69) is 15.1 Å². The molecule has 0 saturated heterocycles. The lowest BCUT2D eigenvalue weighted by Gasteiger charge is -2.15. The molecule has 92 valence electrons. The van der Waals surface area contributed by atoms with Gasteiger partial charge in [0.05, 0.1) is 11.4 Å². The van der Waals surface area contributed by atoms with E-state index >= 15 is 0 Å². The Morgan fingerprint density at radius 2 is 2.28 bits per heavy atom. The second-order valence-electron chi connectivity index (χ2n) is 4.09. The molecular weight excluding hydrogens is 350 g/mol. The topological polar surface area (TPSA) is 60.7 Å². The fourth-order valence-electron chi connectivity index (χ4n) is 2.29. The van der Waals surface area contributed by atoms with E-state index in [0.717, 1.165) is 17.0 Å². The minimum atomic E-state index is -1.49. The molecule has 2 heterocycles. The zero-order valence-electron chi connectivity index (χ0n) is 9.44. The number of hydrogen-bond acceptors (Lipinski definition) is 4. The van der Waals surface area contributed by atoms with Crippen LogP contribution < -0.4 is 0 Å². The van der Waals surface area contributed by atoms with Crippen LogP contribution in [0.5, 0.6) is 0 Å². The van der Waals surface area contributed by atoms with Gasteiger partial charge in [-0.1, -0.05) is 0 Å². The Balaban J connectivity index is 2.30. The van der Waals surface area contributed by atoms with E-state index in [1.807, 2.05) is 22.6 Å². The Morgan fingerprint density at radius 1 is 1.50 bits per heavy atom. The Kier molecular flexibility index (Phi) is 2.65. The molecule has 0 spiro atoms. The predicted octanol–water partition coefficient (Wildman–Crippen LogP) is 1.69. The first-order valence-electron chi connectivity index (χ1n) is 5.35. The SMILES string of the molecule is Cn1nc(C(=O)F)c2c1-c1nc(I)ncc1CC2. The zero-order chi connectivity index (χ0) is 12.9. The van der Waals surface area contributed by atoms with Crippen molar-refractivity contribution in [2.45, 2.75) is 12.8 Å². The van der Waals surface area contributed by atoms with Gasteiger partial charge in [-0.15, -0.1) is 0 Å². The second kappa shape index (κ2) is 4.08. The van der Waals surface area contributed by atoms with Crippen molar-refractivity contribution in [3.05, 3.63) is 26.8 Å². The fourth-order valence-corrected chi connectivity index (χ4v) is 2.67. The van der Waals surface area contributed by atoms with Crippen LogP contribution in [0.3, 0.4) is 0 Å². The van der Waals surface area contributed by atoms with Gasteiger partial charge in [0.2, 0.25) is 0 Å². The standard InChI is InChI=1S/C11H8FIN4O/c1-17-9-6(8(16-17)10(12)18)3-2-5-4-14-11(13)15-7(5)9/h4H,2-3H2,1H3. The summed E-state index contributed by atoms with van der Waals surface area (Å²) in [5, 5.41) is 3.95. The summed E-state index contributed by atoms with van der Waals surface area (Å²) >= 11 is 2.02. The largest absolute Gasteiger partial charge is 0.352 e. The van der Waals surface area contributed by atoms with Crippen LogP contribution in [0.4, 0.5) is 4.39 Å². The molecule has 0 aromatic carbocycles. The van der Waals surface area contributed by atoms with E-state index < -0.39 is 6.04 Å². The van der Waals surface area contributed by atoms with Crippen molar-refractivity contribution in [3.8, 4) is 11.4 Å². The average molecular weight is 358 g/mol. The lowest BCUT2D eigenvalue weighted by molar-refractivity contribution is 0.0828. The maximum absolute atomic E-state index is 12.9. The molecule has 2 aromatic heterocycles. The maximum Gasteiger partial charge on any atom is 0.352 e. The van der Waals surface area contributed by atoms with Crippen LogP contribution in [0.15, 0.2) is 6.20 Å². The molecule has 0 atom stereocenters. The first-order chi connectivity index (χ1) is 8.58. The highest BCUT2D eigenvalue weighted by Crippen LogP contribution is 2.33. The molecule has 0 fully saturated rings. The minimum absolute atomic E-state index is 0.0910. The minimum Gasteiger partial charge on any atom is -0.265 e. The third-order valence-corrected chi connectivity index (χ3v) is 3.56. The predicted molar refractivity (Wildman–Crippen MR) is 69.8 cm³/mol. The monoisotopic (exact) mass is 358 g/mol. The van der Waals surface area contributed by atoms with Crippen molar-refractivity contribution in [2.75, 3.05) is 0 Å². The summed E-state index contributed by atoms with van der Waals surface area (Å²) in [5.41, 5.74) is 3.03. The van der Waals surface area contributed by atoms with Crippen LogP contribution in [0, 0.1) is 3.83 Å². The second-order valence-corrected chi connectivity index (χ2v) is 5.05. The molecule has 1 aliphatic rings. The van der Waals surface area contributed by atoms with Crippen LogP contribution in [-0.4, -0.2) is 25.8 Å². The molecule has 2 aromatic rings. The van der Waals surface area contributed by atoms with Gasteiger partial charge >= 0.3 is 6.04 Å². The molecule has 7 heteroatoms. The number of carbonyl (C=O) groups excluding carboxylic acids is 1. The van der Waals surface area contributed by atoms with Crippen molar-refractivity contribution in [3.63, 3.8) is 0 Å². The van der Waals surface area contributed by atoms with E-state index in [4.69, 9.17) is 0 Å². The number of carbonyl (C=O) groups is 1. The third kappa shape index (κ3) is 1.64. The molecule has 1 aliphatic carbocycles. The Labute approximate surface area is 116 Å². The van der Waals surface area contributed by atoms with E-state index in [0.29, 0.717) is 22.2 Å². The molecular formula is C11H8FIN4O. The van der Waals surface area contributed by atoms with E-state index in [1.165, 1.54) is 4.68 Å². The highest BCUT2D eigenvalue weighted by atomic mass is 127. The molecule has 0 saturated carbocycles. The van der Waals surface area contributed by atoms with E-state index in [9.17, 15) is 9.18 Å². The van der Waals surface area contributed by atoms with Gasteiger partial charge in [-0.3, -0.25) is 9.48 Å². The molecule has 0 radical (unpaired) electrons. The summed E-state index contributed by atoms with van der Waals surface area (Å²) in [4.78, 5) is 19.4. The quantitative estimate of drug-likeness (QED) is 0.442. The highest BCUT2D eigenvalue weighted by Gasteiger charge is 2.28. The van der Waals surface area contributed by atoms with Gasteiger partial charge in [0, 0.05) is 41.4 Å². The number of rotatable bonds is 1. The Hall–Kier alpha value is -1.38. The van der Waals surface area contributed by atoms with Crippen LogP contribution in [0.25, 0.3) is 11.4 Å². The molecule has 0 unspecified atom stereocenters. The number of nitrogens with zero attached hydrogens (tertiary/aromatic N) is 4. The fraction of sp³-hybridized carbons (Fsp3) is 0.273. The van der Waals surface area contributed by atoms with Gasteiger partial charge in [-0.2, -0.15) is 9.49 Å². The van der Waals surface area contributed by atoms with Crippen molar-refractivity contribution >= 4 is 28.6 Å². The third-order valence-electron chi connectivity index (χ3n) is 3.04. The lowest BCUT2D eigenvalue weighted by Crippen LogP contribution is -2.10. The van der Waals surface area contributed by atoms with Gasteiger partial charge < -0.3 is 0 Å². The molecule has 3 rings (SSSR count). The molecule has 0 aliphatic heterocycles. The smallest absolute Gasteiger partial charge is 0.265 e. The van der Waals surface area contributed by atoms with Crippen LogP contribution in [0.1, 0.15) is 21.6 Å². The first kappa shape index (κ1) is 11.7. The Morgan fingerprint density at radius 3 is 3.00 bits per heavy atom. The summed E-state index contributed by atoms with van der Waals surface area (Å²) in [5.74, 6) is 0. The van der Waals surface area contributed by atoms with Crippen molar-refractivity contribution in [2.24, 2.45) is 7.05 Å². The average Bonchev–Trinajstić information content (AvgIpc) is 2.67. The highest BCUT2D eigenvalue weighted by molar-refractivity contribution is 14.1. The molecule has 5 nitrogen and oxygen atoms in total. The van der Waals surface area contributed by atoms with E-state index in [1.54, 1.807) is 13.2 Å². The molecule has 0 amide bonds. The van der Waals surface area contributed by atoms with Crippen molar-refractivity contribution in [1.29, 1.82) is 0 Å². The van der Waals surface area contributed by atoms with Crippen LogP contribution in [0.2, 0.25) is 0 Å². The lowest BCUT2D eigenvalue weighted by atomic mass is 9.93. The van der Waals surface area contributed by atoms with Gasteiger partial charge in [0.25, 0.3) is 0 Å². The van der Waals surface area contributed by atoms with Crippen LogP contribution >= 0.6 is 22.6 Å². The number of hydrogen-bond donors (Lipinski definition) is 0. The van der Waals surface area contributed by atoms with Crippen LogP contribution in [-0.2, 0) is 19.9 Å². The number of fused-ring (bicyclic) bond motifs is 3. The summed E-state index contributed by atoms with van der Waals surface area (Å²) in [7, 11) is 1.69. The van der Waals surface area contributed by atoms with Crippen molar-refractivity contribution < 1.29 is 9.18 Å². The van der Waals surface area contributed by atoms with Crippen molar-refractivity contribution in [1.82, 2.24) is 19.7 Å². The molecule has 18 heavy (non-hydrogen) atoms. The summed E-state index contributed by atoms with van der Waals surface area (Å²) < 4.78 is 15.1. The first-order valence-corrected chi connectivity index (χ1v) is 6.43. The number of halogens is 2. The zero-order valence-corrected chi connectivity index (χ0v) is 11.6. The summed E-state index contributed by atoms with van der Waals surface area (Å²) in [6.07, 6.45) is 3.06. The van der Waals surface area contributed by atoms with Gasteiger partial charge in [-0.25, -0.2) is 9.97 Å².